The number of halogens is 1. The summed E-state index contributed by atoms with van der Waals surface area (Å²) in [6.45, 7) is 2.70. The minimum atomic E-state index is -0.101. The minimum absolute atomic E-state index is 0.101. The average molecular weight is 534 g/mol. The third-order valence-corrected chi connectivity index (χ3v) is 7.71. The number of thioether (sulfide) groups is 1. The summed E-state index contributed by atoms with van der Waals surface area (Å²) < 4.78 is 2.16. The van der Waals surface area contributed by atoms with Gasteiger partial charge in [0.2, 0.25) is 5.91 Å². The van der Waals surface area contributed by atoms with Crippen molar-refractivity contribution in [3.8, 4) is 0 Å². The van der Waals surface area contributed by atoms with Gasteiger partial charge in [-0.25, -0.2) is 4.98 Å². The number of pyridine rings is 1. The van der Waals surface area contributed by atoms with Crippen LogP contribution in [0.15, 0.2) is 72.1 Å². The van der Waals surface area contributed by atoms with Gasteiger partial charge >= 0.3 is 0 Å². The predicted molar refractivity (Wildman–Crippen MR) is 147 cm³/mol. The molecule has 2 aromatic carbocycles. The second kappa shape index (κ2) is 11.8. The van der Waals surface area contributed by atoms with E-state index in [4.69, 9.17) is 16.6 Å². The Morgan fingerprint density at radius 1 is 1.05 bits per heavy atom. The molecule has 0 atom stereocenters. The number of benzene rings is 2. The van der Waals surface area contributed by atoms with Crippen LogP contribution in [-0.2, 0) is 17.1 Å². The van der Waals surface area contributed by atoms with Crippen molar-refractivity contribution in [1.29, 1.82) is 0 Å². The van der Waals surface area contributed by atoms with E-state index in [2.05, 4.69) is 14.9 Å². The zero-order valence-electron chi connectivity index (χ0n) is 20.4. The topological polar surface area (TPSA) is 80.1 Å². The number of likely N-dealkylation sites (tertiary alicyclic amines) is 1. The van der Waals surface area contributed by atoms with Gasteiger partial charge in [-0.05, 0) is 54.3 Å². The Balaban J connectivity index is 1.21. The first kappa shape index (κ1) is 25.3. The number of carbonyl (C=O) groups excluding carboxylic acids is 2. The van der Waals surface area contributed by atoms with Gasteiger partial charge in [-0.2, -0.15) is 0 Å². The molecule has 0 aliphatic carbocycles. The molecule has 9 heteroatoms. The van der Waals surface area contributed by atoms with Gasteiger partial charge in [0.15, 0.2) is 5.16 Å². The number of nitrogens with one attached hydrogen (secondary N) is 1. The van der Waals surface area contributed by atoms with Crippen LogP contribution in [0.2, 0.25) is 5.02 Å². The summed E-state index contributed by atoms with van der Waals surface area (Å²) in [5.74, 6) is 0.893. The molecule has 37 heavy (non-hydrogen) atoms. The van der Waals surface area contributed by atoms with Crippen molar-refractivity contribution < 1.29 is 9.59 Å². The van der Waals surface area contributed by atoms with Crippen molar-refractivity contribution in [1.82, 2.24) is 24.8 Å². The molecule has 0 saturated carbocycles. The first-order valence-electron chi connectivity index (χ1n) is 12.4. The summed E-state index contributed by atoms with van der Waals surface area (Å²) in [7, 11) is 0. The Morgan fingerprint density at radius 3 is 2.59 bits per heavy atom. The highest BCUT2D eigenvalue weighted by atomic mass is 35.5. The molecule has 1 aliphatic heterocycles. The summed E-state index contributed by atoms with van der Waals surface area (Å²) in [4.78, 5) is 35.3. The van der Waals surface area contributed by atoms with Crippen molar-refractivity contribution in [3.63, 3.8) is 0 Å². The Bertz CT molecular complexity index is 1390. The third-order valence-electron chi connectivity index (χ3n) is 6.42. The normalized spacial score (nSPS) is 13.4. The molecule has 3 heterocycles. The maximum Gasteiger partial charge on any atom is 0.251 e. The molecule has 190 valence electrons. The van der Waals surface area contributed by atoms with E-state index in [-0.39, 0.29) is 11.8 Å². The molecule has 0 radical (unpaired) electrons. The van der Waals surface area contributed by atoms with Crippen molar-refractivity contribution in [2.45, 2.75) is 36.7 Å². The lowest BCUT2D eigenvalue weighted by Gasteiger charge is -2.15. The molecule has 0 bridgehead atoms. The molecule has 5 rings (SSSR count). The van der Waals surface area contributed by atoms with E-state index in [9.17, 15) is 9.59 Å². The number of fused-ring (bicyclic) bond motifs is 1. The Morgan fingerprint density at radius 2 is 1.84 bits per heavy atom. The molecule has 1 N–H and O–H groups in total. The van der Waals surface area contributed by atoms with Crippen LogP contribution >= 0.6 is 23.4 Å². The number of nitrogens with zero attached hydrogens (tertiary/aromatic N) is 4. The molecule has 2 amide bonds. The lowest BCUT2D eigenvalue weighted by Crippen LogP contribution is -2.30. The second-order valence-electron chi connectivity index (χ2n) is 9.05. The molecule has 7 nitrogen and oxygen atoms in total. The smallest absolute Gasteiger partial charge is 0.251 e. The van der Waals surface area contributed by atoms with Crippen LogP contribution in [0.4, 0.5) is 0 Å². The van der Waals surface area contributed by atoms with Gasteiger partial charge in [-0.3, -0.25) is 14.6 Å². The first-order valence-corrected chi connectivity index (χ1v) is 13.8. The van der Waals surface area contributed by atoms with Crippen LogP contribution in [0.5, 0.6) is 0 Å². The second-order valence-corrected chi connectivity index (χ2v) is 10.4. The van der Waals surface area contributed by atoms with Crippen molar-refractivity contribution >= 4 is 46.2 Å². The van der Waals surface area contributed by atoms with Gasteiger partial charge < -0.3 is 14.8 Å². The van der Waals surface area contributed by atoms with Crippen LogP contribution < -0.4 is 5.32 Å². The van der Waals surface area contributed by atoms with Gasteiger partial charge in [0.25, 0.3) is 5.91 Å². The number of aromatic nitrogens is 3. The Hall–Kier alpha value is -3.36. The van der Waals surface area contributed by atoms with Gasteiger partial charge in [-0.1, -0.05) is 47.6 Å². The summed E-state index contributed by atoms with van der Waals surface area (Å²) in [6.07, 6.45) is 5.93. The first-order chi connectivity index (χ1) is 18.1. The molecule has 0 spiro atoms. The van der Waals surface area contributed by atoms with Crippen LogP contribution in [-0.4, -0.2) is 50.9 Å². The molecular weight excluding hydrogens is 506 g/mol. The van der Waals surface area contributed by atoms with E-state index >= 15 is 0 Å². The lowest BCUT2D eigenvalue weighted by atomic mass is 10.1. The molecule has 4 aromatic rings. The lowest BCUT2D eigenvalue weighted by molar-refractivity contribution is -0.127. The van der Waals surface area contributed by atoms with Crippen LogP contribution in [0, 0.1) is 0 Å². The van der Waals surface area contributed by atoms with Crippen molar-refractivity contribution in [2.24, 2.45) is 0 Å². The molecule has 1 aliphatic rings. The predicted octanol–water partition coefficient (Wildman–Crippen LogP) is 5.17. The standard InChI is InChI=1S/C28H28ClN5O2S/c29-23-10-6-21(7-11-23)19-37-28-32-24-12-14-30-17-25(24)34(28)18-20-4-8-22(9-5-20)27(36)31-13-2-16-33-15-1-3-26(33)35/h4-12,14,17H,1-3,13,15-16,18-19H2,(H,31,36). The van der Waals surface area contributed by atoms with E-state index in [1.54, 1.807) is 18.0 Å². The number of imidazole rings is 1. The zero-order valence-corrected chi connectivity index (χ0v) is 22.0. The molecule has 2 aromatic heterocycles. The highest BCUT2D eigenvalue weighted by Gasteiger charge is 2.19. The highest BCUT2D eigenvalue weighted by molar-refractivity contribution is 7.98. The van der Waals surface area contributed by atoms with Crippen molar-refractivity contribution in [2.75, 3.05) is 19.6 Å². The van der Waals surface area contributed by atoms with Crippen LogP contribution in [0.1, 0.15) is 40.7 Å². The Kier molecular flexibility index (Phi) is 8.06. The SMILES string of the molecule is O=C(NCCCN1CCCC1=O)c1ccc(Cn2c(SCc3ccc(Cl)cc3)nc3ccncc32)cc1. The quantitative estimate of drug-likeness (QED) is 0.225. The number of hydrogen-bond acceptors (Lipinski definition) is 5. The van der Waals surface area contributed by atoms with Gasteiger partial charge in [0.1, 0.15) is 0 Å². The van der Waals surface area contributed by atoms with E-state index in [1.807, 2.05) is 65.7 Å². The van der Waals surface area contributed by atoms with Gasteiger partial charge in [0, 0.05) is 48.6 Å². The fraction of sp³-hybridized carbons (Fsp3) is 0.286. The summed E-state index contributed by atoms with van der Waals surface area (Å²) in [5, 5.41) is 4.60. The summed E-state index contributed by atoms with van der Waals surface area (Å²) >= 11 is 7.69. The van der Waals surface area contributed by atoms with Crippen LogP contribution in [0.25, 0.3) is 11.0 Å². The molecule has 1 fully saturated rings. The maximum absolute atomic E-state index is 12.6. The monoisotopic (exact) mass is 533 g/mol. The van der Waals surface area contributed by atoms with Crippen LogP contribution in [0.3, 0.4) is 0 Å². The zero-order chi connectivity index (χ0) is 25.6. The summed E-state index contributed by atoms with van der Waals surface area (Å²) in [5.41, 5.74) is 4.74. The number of rotatable bonds is 10. The van der Waals surface area contributed by atoms with Crippen molar-refractivity contribution in [3.05, 3.63) is 88.7 Å². The molecule has 1 saturated heterocycles. The maximum atomic E-state index is 12.6. The third kappa shape index (κ3) is 6.32. The summed E-state index contributed by atoms with van der Waals surface area (Å²) in [6, 6.07) is 17.4. The number of amides is 2. The number of hydrogen-bond donors (Lipinski definition) is 1. The molecular formula is C28H28ClN5O2S. The fourth-order valence-electron chi connectivity index (χ4n) is 4.40. The van der Waals surface area contributed by atoms with E-state index in [0.29, 0.717) is 31.6 Å². The fourth-order valence-corrected chi connectivity index (χ4v) is 5.49. The highest BCUT2D eigenvalue weighted by Crippen LogP contribution is 2.28. The van der Waals surface area contributed by atoms with E-state index in [0.717, 1.165) is 51.9 Å². The number of carbonyl (C=O) groups is 2. The van der Waals surface area contributed by atoms with Gasteiger partial charge in [-0.15, -0.1) is 0 Å². The minimum Gasteiger partial charge on any atom is -0.352 e. The van der Waals surface area contributed by atoms with Gasteiger partial charge in [0.05, 0.1) is 23.8 Å². The Labute approximate surface area is 225 Å². The van der Waals surface area contributed by atoms with E-state index < -0.39 is 0 Å². The average Bonchev–Trinajstić information content (AvgIpc) is 3.49. The molecule has 0 unspecified atom stereocenters. The largest absolute Gasteiger partial charge is 0.352 e. The van der Waals surface area contributed by atoms with E-state index in [1.165, 1.54) is 5.56 Å².